The first-order valence-corrected chi connectivity index (χ1v) is 7.88. The lowest BCUT2D eigenvalue weighted by atomic mass is 9.85. The van der Waals surface area contributed by atoms with Crippen molar-refractivity contribution in [2.24, 2.45) is 17.8 Å². The van der Waals surface area contributed by atoms with Crippen molar-refractivity contribution in [2.45, 2.75) is 53.0 Å². The Morgan fingerprint density at radius 3 is 2.26 bits per heavy atom. The van der Waals surface area contributed by atoms with Gasteiger partial charge in [-0.3, -0.25) is 0 Å². The van der Waals surface area contributed by atoms with Gasteiger partial charge in [0.15, 0.2) is 0 Å². The molecule has 0 heterocycles. The quantitative estimate of drug-likeness (QED) is 0.755. The third kappa shape index (κ3) is 4.07. The average molecular weight is 259 g/mol. The highest BCUT2D eigenvalue weighted by Crippen LogP contribution is 2.41. The van der Waals surface area contributed by atoms with Crippen LogP contribution < -0.4 is 5.32 Å². The van der Waals surface area contributed by atoms with Crippen molar-refractivity contribution in [3.8, 4) is 0 Å². The Balaban J connectivity index is 1.88. The number of rotatable bonds is 7. The van der Waals surface area contributed by atoms with Gasteiger partial charge in [0.1, 0.15) is 0 Å². The summed E-state index contributed by atoms with van der Waals surface area (Å²) in [6, 6.07) is 8.96. The summed E-state index contributed by atoms with van der Waals surface area (Å²) in [5, 5.41) is 3.69. The van der Waals surface area contributed by atoms with E-state index in [-0.39, 0.29) is 0 Å². The van der Waals surface area contributed by atoms with Crippen LogP contribution in [-0.2, 0) is 6.54 Å². The van der Waals surface area contributed by atoms with Crippen molar-refractivity contribution in [1.82, 2.24) is 5.32 Å². The molecular weight excluding hydrogens is 230 g/mol. The fourth-order valence-corrected chi connectivity index (χ4v) is 3.10. The topological polar surface area (TPSA) is 12.0 Å². The summed E-state index contributed by atoms with van der Waals surface area (Å²) in [4.78, 5) is 0. The molecule has 106 valence electrons. The first kappa shape index (κ1) is 14.6. The van der Waals surface area contributed by atoms with Crippen molar-refractivity contribution in [3.63, 3.8) is 0 Å². The first-order chi connectivity index (χ1) is 9.09. The highest BCUT2D eigenvalue weighted by atomic mass is 14.9. The van der Waals surface area contributed by atoms with Gasteiger partial charge in [-0.2, -0.15) is 0 Å². The van der Waals surface area contributed by atoms with Gasteiger partial charge in [-0.25, -0.2) is 0 Å². The molecule has 1 N–H and O–H groups in total. The lowest BCUT2D eigenvalue weighted by Crippen LogP contribution is -2.29. The summed E-state index contributed by atoms with van der Waals surface area (Å²) >= 11 is 0. The van der Waals surface area contributed by atoms with Crippen molar-refractivity contribution in [1.29, 1.82) is 0 Å². The Hall–Kier alpha value is -0.820. The van der Waals surface area contributed by atoms with Crippen LogP contribution >= 0.6 is 0 Å². The molecule has 0 radical (unpaired) electrons. The first-order valence-electron chi connectivity index (χ1n) is 7.88. The Bertz CT molecular complexity index is 382. The van der Waals surface area contributed by atoms with Crippen molar-refractivity contribution < 1.29 is 0 Å². The van der Waals surface area contributed by atoms with Gasteiger partial charge in [0.25, 0.3) is 0 Å². The predicted octanol–water partition coefficient (Wildman–Crippen LogP) is 4.58. The molecule has 1 aromatic carbocycles. The van der Waals surface area contributed by atoms with Gasteiger partial charge in [0, 0.05) is 6.54 Å². The van der Waals surface area contributed by atoms with Gasteiger partial charge in [-0.05, 0) is 54.2 Å². The third-order valence-corrected chi connectivity index (χ3v) is 4.48. The normalized spacial score (nSPS) is 15.7. The highest BCUT2D eigenvalue weighted by Gasteiger charge is 2.25. The van der Waals surface area contributed by atoms with Crippen molar-refractivity contribution in [3.05, 3.63) is 35.4 Å². The van der Waals surface area contributed by atoms with Crippen LogP contribution in [0.5, 0.6) is 0 Å². The summed E-state index contributed by atoms with van der Waals surface area (Å²) in [6.45, 7) is 11.5. The maximum Gasteiger partial charge on any atom is 0.0208 e. The fraction of sp³-hybridized carbons (Fsp3) is 0.667. The molecule has 0 bridgehead atoms. The minimum Gasteiger partial charge on any atom is -0.312 e. The maximum atomic E-state index is 3.69. The van der Waals surface area contributed by atoms with Crippen LogP contribution in [0.25, 0.3) is 0 Å². The molecule has 0 unspecified atom stereocenters. The van der Waals surface area contributed by atoms with E-state index in [2.05, 4.69) is 57.3 Å². The van der Waals surface area contributed by atoms with Crippen LogP contribution in [0.15, 0.2) is 24.3 Å². The molecular formula is C18H29N. The summed E-state index contributed by atoms with van der Waals surface area (Å²) in [6.07, 6.45) is 2.77. The molecule has 19 heavy (non-hydrogen) atoms. The maximum absolute atomic E-state index is 3.69. The van der Waals surface area contributed by atoms with Crippen LogP contribution in [0.2, 0.25) is 0 Å². The van der Waals surface area contributed by atoms with Crippen LogP contribution in [0.4, 0.5) is 0 Å². The zero-order chi connectivity index (χ0) is 13.8. The molecule has 0 amide bonds. The van der Waals surface area contributed by atoms with Crippen molar-refractivity contribution in [2.75, 3.05) is 6.54 Å². The Morgan fingerprint density at radius 1 is 1.05 bits per heavy atom. The number of hydrogen-bond donors (Lipinski definition) is 1. The van der Waals surface area contributed by atoms with Crippen LogP contribution in [-0.4, -0.2) is 6.54 Å². The highest BCUT2D eigenvalue weighted by molar-refractivity contribution is 5.33. The predicted molar refractivity (Wildman–Crippen MR) is 83.3 cm³/mol. The van der Waals surface area contributed by atoms with E-state index < -0.39 is 0 Å². The number of benzene rings is 1. The zero-order valence-corrected chi connectivity index (χ0v) is 12.9. The Kier molecular flexibility index (Phi) is 5.04. The standard InChI is InChI=1S/C18H29N/c1-13(2)18(14(3)4)12-19-11-16-7-5-6-8-17(16)15-9-10-15/h5-8,13-15,18-19H,9-12H2,1-4H3. The smallest absolute Gasteiger partial charge is 0.0208 e. The fourth-order valence-electron chi connectivity index (χ4n) is 3.10. The van der Waals surface area contributed by atoms with E-state index in [1.54, 1.807) is 5.56 Å². The molecule has 1 aromatic rings. The molecule has 0 spiro atoms. The number of nitrogens with one attached hydrogen (secondary N) is 1. The second-order valence-electron chi connectivity index (χ2n) is 6.76. The second-order valence-corrected chi connectivity index (χ2v) is 6.76. The molecule has 0 aromatic heterocycles. The Labute approximate surface area is 118 Å². The Morgan fingerprint density at radius 2 is 1.68 bits per heavy atom. The lowest BCUT2D eigenvalue weighted by molar-refractivity contribution is 0.275. The minimum atomic E-state index is 0.756. The van der Waals surface area contributed by atoms with E-state index in [1.165, 1.54) is 18.4 Å². The second kappa shape index (κ2) is 6.56. The number of hydrogen-bond acceptors (Lipinski definition) is 1. The molecule has 1 saturated carbocycles. The summed E-state index contributed by atoms with van der Waals surface area (Å²) < 4.78 is 0. The van der Waals surface area contributed by atoms with Crippen LogP contribution in [0, 0.1) is 17.8 Å². The monoisotopic (exact) mass is 259 g/mol. The van der Waals surface area contributed by atoms with E-state index >= 15 is 0 Å². The van der Waals surface area contributed by atoms with E-state index in [0.29, 0.717) is 0 Å². The molecule has 0 atom stereocenters. The van der Waals surface area contributed by atoms with E-state index in [0.717, 1.165) is 36.8 Å². The van der Waals surface area contributed by atoms with Gasteiger partial charge in [-0.1, -0.05) is 52.0 Å². The molecule has 2 rings (SSSR count). The average Bonchev–Trinajstić information content (AvgIpc) is 3.18. The van der Waals surface area contributed by atoms with Crippen LogP contribution in [0.3, 0.4) is 0 Å². The van der Waals surface area contributed by atoms with Crippen LogP contribution in [0.1, 0.15) is 57.6 Å². The third-order valence-electron chi connectivity index (χ3n) is 4.48. The van der Waals surface area contributed by atoms with Crippen molar-refractivity contribution >= 4 is 0 Å². The summed E-state index contributed by atoms with van der Waals surface area (Å²) in [5.41, 5.74) is 3.09. The summed E-state index contributed by atoms with van der Waals surface area (Å²) in [7, 11) is 0. The lowest BCUT2D eigenvalue weighted by Gasteiger charge is -2.25. The molecule has 1 aliphatic carbocycles. The van der Waals surface area contributed by atoms with Gasteiger partial charge in [-0.15, -0.1) is 0 Å². The van der Waals surface area contributed by atoms with Gasteiger partial charge in [0.2, 0.25) is 0 Å². The molecule has 1 nitrogen and oxygen atoms in total. The SMILES string of the molecule is CC(C)C(CNCc1ccccc1C1CC1)C(C)C. The zero-order valence-electron chi connectivity index (χ0n) is 12.9. The van der Waals surface area contributed by atoms with Gasteiger partial charge in [0.05, 0.1) is 0 Å². The minimum absolute atomic E-state index is 0.756. The molecule has 0 aliphatic heterocycles. The van der Waals surface area contributed by atoms with E-state index in [1.807, 2.05) is 0 Å². The largest absolute Gasteiger partial charge is 0.312 e. The summed E-state index contributed by atoms with van der Waals surface area (Å²) in [5.74, 6) is 3.13. The van der Waals surface area contributed by atoms with Gasteiger partial charge < -0.3 is 5.32 Å². The molecule has 1 aliphatic rings. The van der Waals surface area contributed by atoms with Gasteiger partial charge >= 0.3 is 0 Å². The van der Waals surface area contributed by atoms with E-state index in [4.69, 9.17) is 0 Å². The molecule has 0 saturated heterocycles. The molecule has 1 heteroatoms. The molecule has 1 fully saturated rings. The van der Waals surface area contributed by atoms with E-state index in [9.17, 15) is 0 Å².